The van der Waals surface area contributed by atoms with Crippen LogP contribution in [0.4, 0.5) is 20.2 Å². The number of carbonyl (C=O) groups is 2. The highest BCUT2D eigenvalue weighted by atomic mass is 19.1. The van der Waals surface area contributed by atoms with Gasteiger partial charge in [0.2, 0.25) is 0 Å². The molecule has 5 nitrogen and oxygen atoms in total. The molecule has 4 rings (SSSR count). The number of benzene rings is 4. The van der Waals surface area contributed by atoms with Gasteiger partial charge in [0.15, 0.2) is 0 Å². The smallest absolute Gasteiger partial charge is 0.255 e. The lowest BCUT2D eigenvalue weighted by molar-refractivity contribution is 0.0674. The molecule has 0 radical (unpaired) electrons. The highest BCUT2D eigenvalue weighted by Crippen LogP contribution is 2.30. The van der Waals surface area contributed by atoms with E-state index in [4.69, 9.17) is 0 Å². The first-order valence-corrected chi connectivity index (χ1v) is 12.2. The third-order valence-corrected chi connectivity index (χ3v) is 6.35. The largest absolute Gasteiger partial charge is 0.377 e. The predicted octanol–water partition coefficient (Wildman–Crippen LogP) is 6.69. The molecule has 0 saturated heterocycles. The van der Waals surface area contributed by atoms with Crippen molar-refractivity contribution < 1.29 is 18.4 Å². The van der Waals surface area contributed by atoms with Crippen LogP contribution in [0.1, 0.15) is 44.8 Å². The zero-order valence-corrected chi connectivity index (χ0v) is 21.5. The standard InChI is InChI=1S/C31H29F2N3O2/c1-21(22-8-5-4-6-9-22)36(31(38)23-12-14-26(32)15-13-23)20-25-19-28(16-17-29(25)35(2)3)34-30(37)24-10-7-11-27(33)18-24/h4-19,21H,20H2,1-3H3,(H,34,37). The fourth-order valence-electron chi connectivity index (χ4n) is 4.30. The summed E-state index contributed by atoms with van der Waals surface area (Å²) in [7, 11) is 3.80. The summed E-state index contributed by atoms with van der Waals surface area (Å²) in [5, 5.41) is 2.82. The second-order valence-corrected chi connectivity index (χ2v) is 9.23. The first-order chi connectivity index (χ1) is 18.2. The van der Waals surface area contributed by atoms with E-state index in [-0.39, 0.29) is 24.1 Å². The van der Waals surface area contributed by atoms with E-state index >= 15 is 0 Å². The Kier molecular flexibility index (Phi) is 8.16. The van der Waals surface area contributed by atoms with E-state index in [1.807, 2.05) is 68.4 Å². The molecule has 0 saturated carbocycles. The van der Waals surface area contributed by atoms with Crippen molar-refractivity contribution in [3.8, 4) is 0 Å². The van der Waals surface area contributed by atoms with E-state index in [2.05, 4.69) is 5.32 Å². The number of hydrogen-bond acceptors (Lipinski definition) is 3. The van der Waals surface area contributed by atoms with Crippen molar-refractivity contribution in [1.82, 2.24) is 4.90 Å². The van der Waals surface area contributed by atoms with E-state index in [0.29, 0.717) is 11.3 Å². The van der Waals surface area contributed by atoms with Gasteiger partial charge in [-0.3, -0.25) is 9.59 Å². The maximum atomic E-state index is 13.7. The first kappa shape index (κ1) is 26.5. The average Bonchev–Trinajstić information content (AvgIpc) is 2.92. The number of nitrogens with zero attached hydrogens (tertiary/aromatic N) is 2. The molecule has 38 heavy (non-hydrogen) atoms. The summed E-state index contributed by atoms with van der Waals surface area (Å²) in [5.74, 6) is -1.60. The fourth-order valence-corrected chi connectivity index (χ4v) is 4.30. The highest BCUT2D eigenvalue weighted by molar-refractivity contribution is 6.04. The maximum absolute atomic E-state index is 13.7. The molecule has 0 aliphatic heterocycles. The van der Waals surface area contributed by atoms with Crippen molar-refractivity contribution in [2.24, 2.45) is 0 Å². The summed E-state index contributed by atoms with van der Waals surface area (Å²) in [5.41, 5.74) is 3.70. The van der Waals surface area contributed by atoms with E-state index < -0.39 is 17.5 Å². The van der Waals surface area contributed by atoms with Gasteiger partial charge >= 0.3 is 0 Å². The Balaban J connectivity index is 1.70. The normalized spacial score (nSPS) is 11.5. The van der Waals surface area contributed by atoms with Crippen molar-refractivity contribution in [2.75, 3.05) is 24.3 Å². The summed E-state index contributed by atoms with van der Waals surface area (Å²) in [6.07, 6.45) is 0. The molecular weight excluding hydrogens is 484 g/mol. The summed E-state index contributed by atoms with van der Waals surface area (Å²) in [4.78, 5) is 30.1. The Bertz CT molecular complexity index is 1420. The lowest BCUT2D eigenvalue weighted by Crippen LogP contribution is -2.33. The number of hydrogen-bond donors (Lipinski definition) is 1. The van der Waals surface area contributed by atoms with Gasteiger partial charge in [-0.2, -0.15) is 0 Å². The van der Waals surface area contributed by atoms with E-state index in [1.165, 1.54) is 48.5 Å². The number of nitrogens with one attached hydrogen (secondary N) is 1. The molecule has 2 amide bonds. The molecule has 0 aliphatic carbocycles. The van der Waals surface area contributed by atoms with Crippen LogP contribution in [0.25, 0.3) is 0 Å². The molecule has 0 bridgehead atoms. The second-order valence-electron chi connectivity index (χ2n) is 9.23. The van der Waals surface area contributed by atoms with Gasteiger partial charge in [-0.15, -0.1) is 0 Å². The molecule has 1 unspecified atom stereocenters. The minimum Gasteiger partial charge on any atom is -0.377 e. The molecule has 0 aromatic heterocycles. The van der Waals surface area contributed by atoms with E-state index in [0.717, 1.165) is 16.8 Å². The van der Waals surface area contributed by atoms with Crippen molar-refractivity contribution in [3.05, 3.63) is 131 Å². The summed E-state index contributed by atoms with van der Waals surface area (Å²) >= 11 is 0. The van der Waals surface area contributed by atoms with Gasteiger partial charge in [0.05, 0.1) is 6.04 Å². The molecule has 4 aromatic carbocycles. The number of amides is 2. The zero-order chi connectivity index (χ0) is 27.2. The topological polar surface area (TPSA) is 52.7 Å². The van der Waals surface area contributed by atoms with Crippen LogP contribution in [0, 0.1) is 11.6 Å². The second kappa shape index (κ2) is 11.7. The van der Waals surface area contributed by atoms with Crippen LogP contribution >= 0.6 is 0 Å². The van der Waals surface area contributed by atoms with Gasteiger partial charge in [-0.1, -0.05) is 36.4 Å². The van der Waals surface area contributed by atoms with Gasteiger partial charge in [-0.25, -0.2) is 8.78 Å². The van der Waals surface area contributed by atoms with Crippen LogP contribution in [0.5, 0.6) is 0 Å². The number of rotatable bonds is 8. The van der Waals surface area contributed by atoms with Crippen LogP contribution in [0.2, 0.25) is 0 Å². The van der Waals surface area contributed by atoms with Gasteiger partial charge in [-0.05, 0) is 78.7 Å². The van der Waals surface area contributed by atoms with Crippen molar-refractivity contribution in [2.45, 2.75) is 19.5 Å². The minimum absolute atomic E-state index is 0.203. The SMILES string of the molecule is CC(c1ccccc1)N(Cc1cc(NC(=O)c2cccc(F)c2)ccc1N(C)C)C(=O)c1ccc(F)cc1. The summed E-state index contributed by atoms with van der Waals surface area (Å²) in [6.45, 7) is 2.17. The number of carbonyl (C=O) groups excluding carboxylic acids is 2. The molecule has 1 N–H and O–H groups in total. The van der Waals surface area contributed by atoms with E-state index in [1.54, 1.807) is 11.0 Å². The van der Waals surface area contributed by atoms with Crippen molar-refractivity contribution in [1.29, 1.82) is 0 Å². The monoisotopic (exact) mass is 513 g/mol. The Morgan fingerprint density at radius 3 is 2.16 bits per heavy atom. The van der Waals surface area contributed by atoms with Crippen LogP contribution in [0.3, 0.4) is 0 Å². The number of halogens is 2. The van der Waals surface area contributed by atoms with Crippen molar-refractivity contribution >= 4 is 23.2 Å². The first-order valence-electron chi connectivity index (χ1n) is 12.2. The molecule has 0 aliphatic rings. The van der Waals surface area contributed by atoms with Crippen molar-refractivity contribution in [3.63, 3.8) is 0 Å². The zero-order valence-electron chi connectivity index (χ0n) is 21.5. The Hall–Kier alpha value is -4.52. The lowest BCUT2D eigenvalue weighted by atomic mass is 10.0. The fraction of sp³-hybridized carbons (Fsp3) is 0.161. The third kappa shape index (κ3) is 6.24. The van der Waals surface area contributed by atoms with Gasteiger partial charge in [0.1, 0.15) is 11.6 Å². The lowest BCUT2D eigenvalue weighted by Gasteiger charge is -2.31. The summed E-state index contributed by atoms with van der Waals surface area (Å²) in [6, 6.07) is 25.8. The highest BCUT2D eigenvalue weighted by Gasteiger charge is 2.25. The van der Waals surface area contributed by atoms with Crippen LogP contribution in [0.15, 0.2) is 97.1 Å². The Morgan fingerprint density at radius 2 is 1.50 bits per heavy atom. The van der Waals surface area contributed by atoms with E-state index in [9.17, 15) is 18.4 Å². The average molecular weight is 514 g/mol. The van der Waals surface area contributed by atoms with Crippen LogP contribution < -0.4 is 10.2 Å². The molecule has 0 fully saturated rings. The van der Waals surface area contributed by atoms with Gasteiger partial charge < -0.3 is 15.1 Å². The molecule has 0 heterocycles. The van der Waals surface area contributed by atoms with Crippen LogP contribution in [-0.4, -0.2) is 30.8 Å². The minimum atomic E-state index is -0.494. The maximum Gasteiger partial charge on any atom is 0.255 e. The predicted molar refractivity (Wildman–Crippen MR) is 146 cm³/mol. The molecule has 1 atom stereocenters. The quantitative estimate of drug-likeness (QED) is 0.286. The third-order valence-electron chi connectivity index (χ3n) is 6.35. The van der Waals surface area contributed by atoms with Gasteiger partial charge in [0.25, 0.3) is 11.8 Å². The molecular formula is C31H29F2N3O2. The molecule has 7 heteroatoms. The van der Waals surface area contributed by atoms with Crippen LogP contribution in [-0.2, 0) is 6.54 Å². The Morgan fingerprint density at radius 1 is 0.789 bits per heavy atom. The van der Waals surface area contributed by atoms with Gasteiger partial charge in [0, 0.05) is 43.1 Å². The molecule has 4 aromatic rings. The molecule has 0 spiro atoms. The molecule has 194 valence electrons. The Labute approximate surface area is 221 Å². The summed E-state index contributed by atoms with van der Waals surface area (Å²) < 4.78 is 27.2. The number of anilines is 2.